The summed E-state index contributed by atoms with van der Waals surface area (Å²) in [5.41, 5.74) is 3.23. The number of hydrogen-bond acceptors (Lipinski definition) is 7. The number of benzene rings is 1. The van der Waals surface area contributed by atoms with Crippen molar-refractivity contribution in [1.29, 1.82) is 0 Å². The Morgan fingerprint density at radius 1 is 1.07 bits per heavy atom. The molecule has 2 aromatic rings. The van der Waals surface area contributed by atoms with Crippen LogP contribution in [0.25, 0.3) is 0 Å². The Morgan fingerprint density at radius 3 is 2.66 bits per heavy atom. The highest BCUT2D eigenvalue weighted by molar-refractivity contribution is 6.00. The van der Waals surface area contributed by atoms with E-state index in [9.17, 15) is 9.59 Å². The fourth-order valence-electron chi connectivity index (χ4n) is 3.56. The minimum absolute atomic E-state index is 0.0379. The molecule has 29 heavy (non-hydrogen) atoms. The van der Waals surface area contributed by atoms with Crippen LogP contribution in [0.2, 0.25) is 0 Å². The number of amides is 2. The fraction of sp³-hybridized carbons (Fsp3) is 0.450. The van der Waals surface area contributed by atoms with Crippen LogP contribution in [0.3, 0.4) is 0 Å². The van der Waals surface area contributed by atoms with E-state index in [0.717, 1.165) is 44.5 Å². The molecule has 0 atom stereocenters. The van der Waals surface area contributed by atoms with Gasteiger partial charge in [-0.3, -0.25) is 9.59 Å². The van der Waals surface area contributed by atoms with Crippen LogP contribution in [-0.4, -0.2) is 52.4 Å². The molecule has 2 heterocycles. The van der Waals surface area contributed by atoms with Crippen molar-refractivity contribution in [2.24, 2.45) is 5.16 Å². The van der Waals surface area contributed by atoms with Gasteiger partial charge in [-0.05, 0) is 67.9 Å². The largest absolute Gasteiger partial charge is 0.385 e. The van der Waals surface area contributed by atoms with Gasteiger partial charge in [0.1, 0.15) is 11.4 Å². The van der Waals surface area contributed by atoms with Crippen molar-refractivity contribution in [3.63, 3.8) is 0 Å². The highest BCUT2D eigenvalue weighted by atomic mass is 16.6. The van der Waals surface area contributed by atoms with Gasteiger partial charge >= 0.3 is 0 Å². The molecule has 0 saturated carbocycles. The predicted molar refractivity (Wildman–Crippen MR) is 105 cm³/mol. The molecular weight excluding hydrogens is 374 g/mol. The average molecular weight is 397 g/mol. The lowest BCUT2D eigenvalue weighted by Gasteiger charge is -2.26. The van der Waals surface area contributed by atoms with Gasteiger partial charge in [-0.15, -0.1) is 0 Å². The predicted octanol–water partition coefficient (Wildman–Crippen LogP) is 2.39. The summed E-state index contributed by atoms with van der Waals surface area (Å²) in [7, 11) is 0. The van der Waals surface area contributed by atoms with E-state index in [0.29, 0.717) is 29.1 Å². The van der Waals surface area contributed by atoms with Crippen LogP contribution >= 0.6 is 0 Å². The molecule has 0 bridgehead atoms. The molecule has 1 N–H and O–H groups in total. The van der Waals surface area contributed by atoms with Crippen molar-refractivity contribution in [2.75, 3.05) is 25.0 Å². The Bertz CT molecular complexity index is 900. The third-order valence-corrected chi connectivity index (χ3v) is 5.09. The lowest BCUT2D eigenvalue weighted by atomic mass is 9.99. The van der Waals surface area contributed by atoms with Crippen molar-refractivity contribution in [3.8, 4) is 0 Å². The Balaban J connectivity index is 1.28. The summed E-state index contributed by atoms with van der Waals surface area (Å²) in [6, 6.07) is 6.90. The number of likely N-dealkylation sites (tertiary alicyclic amines) is 1. The fourth-order valence-corrected chi connectivity index (χ4v) is 3.56. The summed E-state index contributed by atoms with van der Waals surface area (Å²) >= 11 is 0. The normalized spacial score (nSPS) is 17.7. The number of carbonyl (C=O) groups excluding carboxylic acids is 2. The van der Waals surface area contributed by atoms with Gasteiger partial charge in [-0.25, -0.2) is 4.63 Å². The summed E-state index contributed by atoms with van der Waals surface area (Å²) in [5.74, 6) is -0.297. The highest BCUT2D eigenvalue weighted by Crippen LogP contribution is 2.18. The SMILES string of the molecule is O=C(CO/N=C1\CCCc2nonc21)Nc1ccc(C(=O)N2CCCCC2)cc1. The Hall–Kier alpha value is -3.23. The molecule has 1 aliphatic carbocycles. The number of oxime groups is 1. The number of piperidine rings is 1. The second-order valence-electron chi connectivity index (χ2n) is 7.20. The van der Waals surface area contributed by atoms with E-state index in [2.05, 4.69) is 20.8 Å². The molecule has 1 fully saturated rings. The molecule has 9 nitrogen and oxygen atoms in total. The Kier molecular flexibility index (Phi) is 5.83. The Labute approximate surface area is 168 Å². The third-order valence-electron chi connectivity index (χ3n) is 5.09. The number of rotatable bonds is 5. The van der Waals surface area contributed by atoms with Gasteiger partial charge in [-0.2, -0.15) is 0 Å². The van der Waals surface area contributed by atoms with Crippen LogP contribution in [0.5, 0.6) is 0 Å². The molecule has 1 aliphatic heterocycles. The summed E-state index contributed by atoms with van der Waals surface area (Å²) < 4.78 is 4.73. The summed E-state index contributed by atoms with van der Waals surface area (Å²) in [6.45, 7) is 1.39. The second kappa shape index (κ2) is 8.85. The highest BCUT2D eigenvalue weighted by Gasteiger charge is 2.22. The molecule has 1 aromatic carbocycles. The van der Waals surface area contributed by atoms with Gasteiger partial charge < -0.3 is 15.1 Å². The minimum Gasteiger partial charge on any atom is -0.385 e. The second-order valence-corrected chi connectivity index (χ2v) is 7.20. The van der Waals surface area contributed by atoms with Gasteiger partial charge in [0.05, 0.1) is 0 Å². The summed E-state index contributed by atoms with van der Waals surface area (Å²) in [5, 5.41) is 14.4. The van der Waals surface area contributed by atoms with E-state index in [1.54, 1.807) is 24.3 Å². The Morgan fingerprint density at radius 2 is 1.86 bits per heavy atom. The van der Waals surface area contributed by atoms with Crippen LogP contribution in [0, 0.1) is 0 Å². The number of hydrogen-bond donors (Lipinski definition) is 1. The molecule has 2 amide bonds. The van der Waals surface area contributed by atoms with Crippen LogP contribution in [-0.2, 0) is 16.1 Å². The van der Waals surface area contributed by atoms with E-state index >= 15 is 0 Å². The van der Waals surface area contributed by atoms with E-state index in [1.807, 2.05) is 4.90 Å². The zero-order chi connectivity index (χ0) is 20.1. The number of fused-ring (bicyclic) bond motifs is 1. The first-order chi connectivity index (χ1) is 14.2. The number of aromatic nitrogens is 2. The van der Waals surface area contributed by atoms with Gasteiger partial charge in [-0.1, -0.05) is 10.3 Å². The number of anilines is 1. The van der Waals surface area contributed by atoms with Crippen molar-refractivity contribution >= 4 is 23.2 Å². The lowest BCUT2D eigenvalue weighted by Crippen LogP contribution is -2.35. The first kappa shape index (κ1) is 19.1. The van der Waals surface area contributed by atoms with Crippen molar-refractivity contribution in [3.05, 3.63) is 41.2 Å². The van der Waals surface area contributed by atoms with Gasteiger partial charge in [0.25, 0.3) is 11.8 Å². The smallest absolute Gasteiger partial charge is 0.265 e. The number of nitrogens with zero attached hydrogens (tertiary/aromatic N) is 4. The molecule has 0 unspecified atom stereocenters. The van der Waals surface area contributed by atoms with Crippen molar-refractivity contribution < 1.29 is 19.1 Å². The van der Waals surface area contributed by atoms with Crippen LogP contribution < -0.4 is 5.32 Å². The van der Waals surface area contributed by atoms with Crippen molar-refractivity contribution in [2.45, 2.75) is 38.5 Å². The molecule has 0 radical (unpaired) electrons. The maximum absolute atomic E-state index is 12.5. The van der Waals surface area contributed by atoms with Gasteiger partial charge in [0.2, 0.25) is 0 Å². The molecule has 152 valence electrons. The molecule has 2 aliphatic rings. The number of nitrogens with one attached hydrogen (secondary N) is 1. The standard InChI is InChI=1S/C20H23N5O4/c26-18(13-28-22-16-5-4-6-17-19(16)24-29-23-17)21-15-9-7-14(8-10-15)20(27)25-11-2-1-3-12-25/h7-10H,1-6,11-13H2,(H,21,26)/b22-16+. The van der Waals surface area contributed by atoms with E-state index < -0.39 is 0 Å². The van der Waals surface area contributed by atoms with Gasteiger partial charge in [0, 0.05) is 24.3 Å². The third kappa shape index (κ3) is 4.61. The lowest BCUT2D eigenvalue weighted by molar-refractivity contribution is -0.120. The average Bonchev–Trinajstić information content (AvgIpc) is 3.24. The summed E-state index contributed by atoms with van der Waals surface area (Å²) in [6.07, 6.45) is 5.68. The van der Waals surface area contributed by atoms with E-state index in [1.165, 1.54) is 6.42 Å². The monoisotopic (exact) mass is 397 g/mol. The van der Waals surface area contributed by atoms with Crippen molar-refractivity contribution in [1.82, 2.24) is 15.2 Å². The maximum Gasteiger partial charge on any atom is 0.265 e. The molecule has 4 rings (SSSR count). The van der Waals surface area contributed by atoms with E-state index in [-0.39, 0.29) is 18.4 Å². The van der Waals surface area contributed by atoms with Crippen LogP contribution in [0.1, 0.15) is 53.8 Å². The number of aryl methyl sites for hydroxylation is 1. The zero-order valence-corrected chi connectivity index (χ0v) is 16.1. The van der Waals surface area contributed by atoms with E-state index in [4.69, 9.17) is 9.47 Å². The summed E-state index contributed by atoms with van der Waals surface area (Å²) in [4.78, 5) is 31.6. The molecule has 0 spiro atoms. The first-order valence-electron chi connectivity index (χ1n) is 9.90. The minimum atomic E-state index is -0.334. The van der Waals surface area contributed by atoms with Gasteiger partial charge in [0.15, 0.2) is 12.3 Å². The molecule has 1 saturated heterocycles. The number of carbonyl (C=O) groups is 2. The van der Waals surface area contributed by atoms with Crippen LogP contribution in [0.15, 0.2) is 34.1 Å². The maximum atomic E-state index is 12.5. The van der Waals surface area contributed by atoms with Crippen LogP contribution in [0.4, 0.5) is 5.69 Å². The first-order valence-corrected chi connectivity index (χ1v) is 9.90. The zero-order valence-electron chi connectivity index (χ0n) is 16.1. The molecule has 9 heteroatoms. The topological polar surface area (TPSA) is 110 Å². The quantitative estimate of drug-likeness (QED) is 0.776. The molecule has 1 aromatic heterocycles. The molecular formula is C20H23N5O4.